The fourth-order valence-electron chi connectivity index (χ4n) is 2.72. The Hall–Kier alpha value is -2.00. The standard InChI is InChI=1S/C18H19ClN2O/c19-16-9-8-15(14-6-2-1-3-7-14)12-17(16)20-13-18(22)21-10-4-5-11-21/h1-3,6-9,12,20H,4-5,10-11,13H2. The van der Waals surface area contributed by atoms with Crippen molar-refractivity contribution in [2.24, 2.45) is 0 Å². The molecule has 0 atom stereocenters. The van der Waals surface area contributed by atoms with Crippen molar-refractivity contribution in [3.8, 4) is 11.1 Å². The highest BCUT2D eigenvalue weighted by atomic mass is 35.5. The second-order valence-electron chi connectivity index (χ2n) is 5.50. The second kappa shape index (κ2) is 6.84. The number of hydrogen-bond donors (Lipinski definition) is 1. The summed E-state index contributed by atoms with van der Waals surface area (Å²) in [5.41, 5.74) is 3.02. The predicted molar refractivity (Wildman–Crippen MR) is 91.2 cm³/mol. The van der Waals surface area contributed by atoms with Gasteiger partial charge in [-0.25, -0.2) is 0 Å². The van der Waals surface area contributed by atoms with E-state index in [0.717, 1.165) is 42.7 Å². The van der Waals surface area contributed by atoms with E-state index in [2.05, 4.69) is 17.4 Å². The molecule has 4 heteroatoms. The topological polar surface area (TPSA) is 32.3 Å². The first-order valence-corrected chi connectivity index (χ1v) is 7.98. The number of nitrogens with zero attached hydrogens (tertiary/aromatic N) is 1. The molecular formula is C18H19ClN2O. The molecule has 0 aromatic heterocycles. The zero-order valence-electron chi connectivity index (χ0n) is 12.4. The second-order valence-corrected chi connectivity index (χ2v) is 5.91. The van der Waals surface area contributed by atoms with E-state index in [9.17, 15) is 4.79 Å². The maximum Gasteiger partial charge on any atom is 0.241 e. The van der Waals surface area contributed by atoms with Crippen molar-refractivity contribution in [3.63, 3.8) is 0 Å². The summed E-state index contributed by atoms with van der Waals surface area (Å²) in [7, 11) is 0. The minimum absolute atomic E-state index is 0.138. The predicted octanol–water partition coefficient (Wildman–Crippen LogP) is 4.04. The number of anilines is 1. The summed E-state index contributed by atoms with van der Waals surface area (Å²) in [6.07, 6.45) is 2.21. The number of carbonyl (C=O) groups excluding carboxylic acids is 1. The third kappa shape index (κ3) is 3.42. The molecule has 2 aromatic carbocycles. The van der Waals surface area contributed by atoms with E-state index < -0.39 is 0 Å². The van der Waals surface area contributed by atoms with Crippen LogP contribution in [0, 0.1) is 0 Å². The van der Waals surface area contributed by atoms with Crippen molar-refractivity contribution in [3.05, 3.63) is 53.6 Å². The van der Waals surface area contributed by atoms with Gasteiger partial charge in [-0.2, -0.15) is 0 Å². The normalized spacial score (nSPS) is 14.1. The van der Waals surface area contributed by atoms with Gasteiger partial charge >= 0.3 is 0 Å². The van der Waals surface area contributed by atoms with Gasteiger partial charge in [-0.15, -0.1) is 0 Å². The van der Waals surface area contributed by atoms with E-state index in [1.54, 1.807) is 0 Å². The molecule has 114 valence electrons. The molecule has 1 N–H and O–H groups in total. The van der Waals surface area contributed by atoms with Crippen molar-refractivity contribution < 1.29 is 4.79 Å². The number of rotatable bonds is 4. The molecule has 22 heavy (non-hydrogen) atoms. The number of hydrogen-bond acceptors (Lipinski definition) is 2. The number of benzene rings is 2. The molecule has 0 bridgehead atoms. The Bertz CT molecular complexity index is 651. The van der Waals surface area contributed by atoms with Crippen LogP contribution < -0.4 is 5.32 Å². The summed E-state index contributed by atoms with van der Waals surface area (Å²) in [6.45, 7) is 2.04. The minimum atomic E-state index is 0.138. The van der Waals surface area contributed by atoms with Crippen molar-refractivity contribution in [1.29, 1.82) is 0 Å². The first kappa shape index (κ1) is 14.9. The van der Waals surface area contributed by atoms with Crippen LogP contribution in [0.15, 0.2) is 48.5 Å². The summed E-state index contributed by atoms with van der Waals surface area (Å²) in [6, 6.07) is 16.0. The van der Waals surface area contributed by atoms with Crippen LogP contribution in [0.2, 0.25) is 5.02 Å². The van der Waals surface area contributed by atoms with Crippen LogP contribution in [0.25, 0.3) is 11.1 Å². The lowest BCUT2D eigenvalue weighted by Gasteiger charge is -2.17. The first-order valence-electron chi connectivity index (χ1n) is 7.60. The van der Waals surface area contributed by atoms with Gasteiger partial charge in [-0.1, -0.05) is 48.0 Å². The van der Waals surface area contributed by atoms with Crippen LogP contribution in [0.4, 0.5) is 5.69 Å². The lowest BCUT2D eigenvalue weighted by Crippen LogP contribution is -2.33. The molecule has 0 unspecified atom stereocenters. The Kier molecular flexibility index (Phi) is 4.64. The van der Waals surface area contributed by atoms with Crippen LogP contribution in [-0.4, -0.2) is 30.4 Å². The molecule has 0 saturated carbocycles. The summed E-state index contributed by atoms with van der Waals surface area (Å²) < 4.78 is 0. The van der Waals surface area contributed by atoms with Crippen molar-refractivity contribution in [2.45, 2.75) is 12.8 Å². The van der Waals surface area contributed by atoms with Gasteiger partial charge in [0.05, 0.1) is 17.3 Å². The SMILES string of the molecule is O=C(CNc1cc(-c2ccccc2)ccc1Cl)N1CCCC1. The third-order valence-corrected chi connectivity index (χ3v) is 4.29. The van der Waals surface area contributed by atoms with Crippen molar-refractivity contribution in [1.82, 2.24) is 4.90 Å². The van der Waals surface area contributed by atoms with Crippen LogP contribution in [0.3, 0.4) is 0 Å². The lowest BCUT2D eigenvalue weighted by molar-refractivity contribution is -0.128. The summed E-state index contributed by atoms with van der Waals surface area (Å²) >= 11 is 6.24. The van der Waals surface area contributed by atoms with E-state index in [0.29, 0.717) is 5.02 Å². The maximum atomic E-state index is 12.1. The maximum absolute atomic E-state index is 12.1. The molecule has 2 aromatic rings. The van der Waals surface area contributed by atoms with Gasteiger partial charge in [-0.3, -0.25) is 4.79 Å². The highest BCUT2D eigenvalue weighted by molar-refractivity contribution is 6.33. The number of halogens is 1. The lowest BCUT2D eigenvalue weighted by atomic mass is 10.1. The molecule has 0 radical (unpaired) electrons. The molecule has 1 saturated heterocycles. The largest absolute Gasteiger partial charge is 0.375 e. The van der Waals surface area contributed by atoms with E-state index in [1.165, 1.54) is 0 Å². The monoisotopic (exact) mass is 314 g/mol. The summed E-state index contributed by atoms with van der Waals surface area (Å²) in [5.74, 6) is 0.138. The quantitative estimate of drug-likeness (QED) is 0.923. The van der Waals surface area contributed by atoms with Gasteiger partial charge in [0, 0.05) is 13.1 Å². The van der Waals surface area contributed by atoms with E-state index in [-0.39, 0.29) is 12.5 Å². The molecular weight excluding hydrogens is 296 g/mol. The molecule has 1 amide bonds. The van der Waals surface area contributed by atoms with Gasteiger partial charge in [0.2, 0.25) is 5.91 Å². The Balaban J connectivity index is 1.71. The fourth-order valence-corrected chi connectivity index (χ4v) is 2.90. The van der Waals surface area contributed by atoms with Gasteiger partial charge < -0.3 is 10.2 Å². The van der Waals surface area contributed by atoms with Crippen LogP contribution >= 0.6 is 11.6 Å². The Morgan fingerprint density at radius 1 is 1.05 bits per heavy atom. The fraction of sp³-hybridized carbons (Fsp3) is 0.278. The van der Waals surface area contributed by atoms with E-state index in [1.807, 2.05) is 41.3 Å². The van der Waals surface area contributed by atoms with Crippen LogP contribution in [-0.2, 0) is 4.79 Å². The van der Waals surface area contributed by atoms with Crippen LogP contribution in [0.1, 0.15) is 12.8 Å². The van der Waals surface area contributed by atoms with E-state index in [4.69, 9.17) is 11.6 Å². The number of amides is 1. The molecule has 3 rings (SSSR count). The number of nitrogens with one attached hydrogen (secondary N) is 1. The van der Waals surface area contributed by atoms with E-state index >= 15 is 0 Å². The summed E-state index contributed by atoms with van der Waals surface area (Å²) in [5, 5.41) is 3.81. The molecule has 1 aliphatic rings. The molecule has 3 nitrogen and oxygen atoms in total. The number of carbonyl (C=O) groups is 1. The first-order chi connectivity index (χ1) is 10.7. The van der Waals surface area contributed by atoms with Gasteiger partial charge in [0.25, 0.3) is 0 Å². The number of likely N-dealkylation sites (tertiary alicyclic amines) is 1. The Morgan fingerprint density at radius 3 is 2.50 bits per heavy atom. The molecule has 1 heterocycles. The smallest absolute Gasteiger partial charge is 0.241 e. The highest BCUT2D eigenvalue weighted by Gasteiger charge is 2.17. The van der Waals surface area contributed by atoms with Crippen LogP contribution in [0.5, 0.6) is 0 Å². The summed E-state index contributed by atoms with van der Waals surface area (Å²) in [4.78, 5) is 14.0. The highest BCUT2D eigenvalue weighted by Crippen LogP contribution is 2.28. The average molecular weight is 315 g/mol. The Labute approximate surface area is 135 Å². The zero-order chi connectivity index (χ0) is 15.4. The van der Waals surface area contributed by atoms with Gasteiger partial charge in [0.15, 0.2) is 0 Å². The molecule has 0 spiro atoms. The van der Waals surface area contributed by atoms with Crippen molar-refractivity contribution in [2.75, 3.05) is 25.0 Å². The van der Waals surface area contributed by atoms with Gasteiger partial charge in [-0.05, 0) is 36.1 Å². The molecule has 0 aliphatic carbocycles. The minimum Gasteiger partial charge on any atom is -0.375 e. The Morgan fingerprint density at radius 2 is 1.77 bits per heavy atom. The zero-order valence-corrected chi connectivity index (χ0v) is 13.1. The van der Waals surface area contributed by atoms with Crippen molar-refractivity contribution >= 4 is 23.2 Å². The molecule has 1 aliphatic heterocycles. The third-order valence-electron chi connectivity index (χ3n) is 3.96. The molecule has 1 fully saturated rings. The van der Waals surface area contributed by atoms with Gasteiger partial charge in [0.1, 0.15) is 0 Å². The average Bonchev–Trinajstić information content (AvgIpc) is 3.09.